The Hall–Kier alpha value is -3.19. The highest BCUT2D eigenvalue weighted by Gasteiger charge is 2.26. The number of amidine groups is 1. The van der Waals surface area contributed by atoms with Gasteiger partial charge < -0.3 is 15.1 Å². The first-order chi connectivity index (χ1) is 14.2. The first-order valence-corrected chi connectivity index (χ1v) is 9.86. The Kier molecular flexibility index (Phi) is 4.52. The highest BCUT2D eigenvalue weighted by molar-refractivity contribution is 6.06. The predicted octanol–water partition coefficient (Wildman–Crippen LogP) is 3.45. The third kappa shape index (κ3) is 3.61. The van der Waals surface area contributed by atoms with Gasteiger partial charge >= 0.3 is 0 Å². The molecule has 1 aromatic heterocycles. The molecule has 2 aromatic carbocycles. The van der Waals surface area contributed by atoms with E-state index in [-0.39, 0.29) is 5.82 Å². The number of fused-ring (bicyclic) bond motifs is 2. The molecule has 1 saturated heterocycles. The minimum absolute atomic E-state index is 0.291. The van der Waals surface area contributed by atoms with Crippen LogP contribution in [-0.4, -0.2) is 58.6 Å². The molecule has 3 aromatic rings. The van der Waals surface area contributed by atoms with Crippen molar-refractivity contribution in [3.63, 3.8) is 0 Å². The van der Waals surface area contributed by atoms with Gasteiger partial charge in [0, 0.05) is 38.4 Å². The molecule has 7 heteroatoms. The largest absolute Gasteiger partial charge is 0.353 e. The molecule has 0 bridgehead atoms. The van der Waals surface area contributed by atoms with Gasteiger partial charge in [0.1, 0.15) is 11.7 Å². The Morgan fingerprint density at radius 3 is 2.62 bits per heavy atom. The molecule has 148 valence electrons. The fourth-order valence-corrected chi connectivity index (χ4v) is 3.79. The van der Waals surface area contributed by atoms with E-state index in [4.69, 9.17) is 10.1 Å². The van der Waals surface area contributed by atoms with E-state index in [0.29, 0.717) is 12.2 Å². The van der Waals surface area contributed by atoms with Crippen LogP contribution in [0.4, 0.5) is 21.6 Å². The van der Waals surface area contributed by atoms with Crippen LogP contribution in [0, 0.1) is 5.82 Å². The normalized spacial score (nSPS) is 16.5. The molecule has 2 aliphatic rings. The topological polar surface area (TPSA) is 48.7 Å². The number of likely N-dealkylation sites (N-methyl/N-ethyl adjacent to an activating group) is 1. The quantitative estimate of drug-likeness (QED) is 0.728. The van der Waals surface area contributed by atoms with Crippen molar-refractivity contribution in [2.75, 3.05) is 38.5 Å². The molecule has 0 unspecified atom stereocenters. The number of hydrogen-bond donors (Lipinski definition) is 1. The molecule has 0 radical (unpaired) electrons. The van der Waals surface area contributed by atoms with Crippen LogP contribution in [0.25, 0.3) is 0 Å². The van der Waals surface area contributed by atoms with Gasteiger partial charge in [-0.1, -0.05) is 30.3 Å². The smallest absolute Gasteiger partial charge is 0.163 e. The Morgan fingerprint density at radius 1 is 1.03 bits per heavy atom. The van der Waals surface area contributed by atoms with Crippen LogP contribution in [0.3, 0.4) is 0 Å². The number of halogens is 1. The molecule has 0 atom stereocenters. The van der Waals surface area contributed by atoms with E-state index in [9.17, 15) is 4.39 Å². The van der Waals surface area contributed by atoms with E-state index in [2.05, 4.69) is 34.3 Å². The van der Waals surface area contributed by atoms with Gasteiger partial charge in [-0.3, -0.25) is 4.68 Å². The second kappa shape index (κ2) is 7.33. The van der Waals surface area contributed by atoms with Crippen molar-refractivity contribution in [1.29, 1.82) is 0 Å². The van der Waals surface area contributed by atoms with Crippen molar-refractivity contribution >= 4 is 23.0 Å². The monoisotopic (exact) mass is 390 g/mol. The van der Waals surface area contributed by atoms with E-state index in [1.165, 1.54) is 17.7 Å². The summed E-state index contributed by atoms with van der Waals surface area (Å²) in [6.07, 6.45) is 2.04. The maximum Gasteiger partial charge on any atom is 0.163 e. The van der Waals surface area contributed by atoms with E-state index < -0.39 is 0 Å². The van der Waals surface area contributed by atoms with Crippen molar-refractivity contribution in [2.24, 2.45) is 4.99 Å². The number of nitrogens with one attached hydrogen (secondary N) is 1. The number of nitrogens with zero attached hydrogens (tertiary/aromatic N) is 5. The number of rotatable bonds is 2. The summed E-state index contributed by atoms with van der Waals surface area (Å²) in [4.78, 5) is 9.46. The zero-order valence-electron chi connectivity index (χ0n) is 16.3. The van der Waals surface area contributed by atoms with Crippen molar-refractivity contribution in [2.45, 2.75) is 6.54 Å². The highest BCUT2D eigenvalue weighted by atomic mass is 19.1. The summed E-state index contributed by atoms with van der Waals surface area (Å²) in [5.74, 6) is 1.31. The van der Waals surface area contributed by atoms with Crippen LogP contribution >= 0.6 is 0 Å². The lowest BCUT2D eigenvalue weighted by Crippen LogP contribution is -2.47. The lowest BCUT2D eigenvalue weighted by molar-refractivity contribution is 0.216. The predicted molar refractivity (Wildman–Crippen MR) is 113 cm³/mol. The summed E-state index contributed by atoms with van der Waals surface area (Å²) in [6.45, 7) is 4.38. The van der Waals surface area contributed by atoms with E-state index in [0.717, 1.165) is 49.1 Å². The van der Waals surface area contributed by atoms with E-state index >= 15 is 0 Å². The second-order valence-electron chi connectivity index (χ2n) is 7.59. The Balaban J connectivity index is 1.56. The maximum atomic E-state index is 13.9. The molecule has 5 rings (SSSR count). The molecule has 0 aliphatic carbocycles. The van der Waals surface area contributed by atoms with Crippen LogP contribution in [-0.2, 0) is 6.54 Å². The summed E-state index contributed by atoms with van der Waals surface area (Å²) in [5, 5.41) is 8.15. The fraction of sp³-hybridized carbons (Fsp3) is 0.273. The first-order valence-electron chi connectivity index (χ1n) is 9.86. The number of hydrogen-bond acceptors (Lipinski definition) is 5. The average Bonchev–Trinajstić information content (AvgIpc) is 3.04. The molecule has 2 aliphatic heterocycles. The van der Waals surface area contributed by atoms with Gasteiger partial charge in [-0.25, -0.2) is 9.38 Å². The molecule has 0 saturated carbocycles. The van der Waals surface area contributed by atoms with Gasteiger partial charge in [-0.05, 0) is 24.7 Å². The molecule has 3 heterocycles. The van der Waals surface area contributed by atoms with Crippen molar-refractivity contribution < 1.29 is 4.39 Å². The van der Waals surface area contributed by atoms with Crippen LogP contribution in [0.2, 0.25) is 0 Å². The molecular weight excluding hydrogens is 367 g/mol. The van der Waals surface area contributed by atoms with Gasteiger partial charge in [0.25, 0.3) is 0 Å². The second-order valence-corrected chi connectivity index (χ2v) is 7.59. The Labute approximate surface area is 169 Å². The minimum atomic E-state index is -0.291. The molecular formula is C22H23FN6. The van der Waals surface area contributed by atoms with Gasteiger partial charge in [0.05, 0.1) is 23.5 Å². The third-order valence-corrected chi connectivity index (χ3v) is 5.43. The summed E-state index contributed by atoms with van der Waals surface area (Å²) in [5.41, 5.74) is 3.50. The van der Waals surface area contributed by atoms with Crippen LogP contribution in [0.5, 0.6) is 0 Å². The van der Waals surface area contributed by atoms with E-state index in [1.807, 2.05) is 29.1 Å². The van der Waals surface area contributed by atoms with Gasteiger partial charge in [0.2, 0.25) is 0 Å². The molecule has 6 nitrogen and oxygen atoms in total. The number of anilines is 2. The van der Waals surface area contributed by atoms with E-state index in [1.54, 1.807) is 6.07 Å². The van der Waals surface area contributed by atoms with Crippen molar-refractivity contribution in [3.8, 4) is 0 Å². The first kappa shape index (κ1) is 17.9. The molecule has 1 N–H and O–H groups in total. The summed E-state index contributed by atoms with van der Waals surface area (Å²) < 4.78 is 15.8. The highest BCUT2D eigenvalue weighted by Crippen LogP contribution is 2.35. The summed E-state index contributed by atoms with van der Waals surface area (Å²) in [6, 6.07) is 14.9. The average molecular weight is 390 g/mol. The van der Waals surface area contributed by atoms with Crippen molar-refractivity contribution in [1.82, 2.24) is 19.6 Å². The van der Waals surface area contributed by atoms with Crippen molar-refractivity contribution in [3.05, 3.63) is 71.7 Å². The van der Waals surface area contributed by atoms with Crippen LogP contribution in [0.1, 0.15) is 11.1 Å². The number of benzene rings is 2. The number of piperazine rings is 1. The Morgan fingerprint density at radius 2 is 1.83 bits per heavy atom. The molecule has 0 spiro atoms. The molecule has 0 amide bonds. The Bertz CT molecular complexity index is 1050. The van der Waals surface area contributed by atoms with Crippen LogP contribution in [0.15, 0.2) is 59.7 Å². The molecule has 1 fully saturated rings. The maximum absolute atomic E-state index is 13.9. The standard InChI is InChI=1S/C22H23FN6/c1-27-9-11-28(12-10-27)22-18-15-29(14-16-5-3-2-4-6-16)26-21(18)24-19-8-7-17(23)13-20(19)25-22/h2-8,13,15H,9-12,14H2,1H3,(H,24,26). The third-order valence-electron chi connectivity index (χ3n) is 5.43. The number of aromatic nitrogens is 2. The van der Waals surface area contributed by atoms with Gasteiger partial charge in [-0.15, -0.1) is 0 Å². The van der Waals surface area contributed by atoms with Gasteiger partial charge in [-0.2, -0.15) is 5.10 Å². The zero-order valence-corrected chi connectivity index (χ0v) is 16.3. The SMILES string of the molecule is CN1CCN(C2=Nc3cc(F)ccc3Nc3nn(Cc4ccccc4)cc32)CC1. The van der Waals surface area contributed by atoms with Crippen LogP contribution < -0.4 is 5.32 Å². The fourth-order valence-electron chi connectivity index (χ4n) is 3.79. The molecule has 29 heavy (non-hydrogen) atoms. The minimum Gasteiger partial charge on any atom is -0.353 e. The number of aliphatic imine (C=N–C) groups is 1. The van der Waals surface area contributed by atoms with Gasteiger partial charge in [0.15, 0.2) is 5.82 Å². The lowest BCUT2D eigenvalue weighted by atomic mass is 10.2. The zero-order chi connectivity index (χ0) is 19.8. The summed E-state index contributed by atoms with van der Waals surface area (Å²) in [7, 11) is 2.13. The summed E-state index contributed by atoms with van der Waals surface area (Å²) >= 11 is 0. The lowest BCUT2D eigenvalue weighted by Gasteiger charge is -2.34.